The molecule has 5 nitrogen and oxygen atoms in total. The lowest BCUT2D eigenvalue weighted by Gasteiger charge is -2.21. The second-order valence-corrected chi connectivity index (χ2v) is 6.61. The Morgan fingerprint density at radius 2 is 1.80 bits per heavy atom. The third kappa shape index (κ3) is 6.31. The summed E-state index contributed by atoms with van der Waals surface area (Å²) in [5.41, 5.74) is 4.24. The summed E-state index contributed by atoms with van der Waals surface area (Å²) < 4.78 is 5.82. The van der Waals surface area contributed by atoms with E-state index in [2.05, 4.69) is 5.32 Å². The molecule has 0 bridgehead atoms. The molecule has 0 radical (unpaired) electrons. The smallest absolute Gasteiger partial charge is 0.267 e. The number of amides is 1. The molecule has 2 rings (SSSR count). The topological polar surface area (TPSA) is 70.6 Å². The second-order valence-electron chi connectivity index (χ2n) is 6.61. The predicted octanol–water partition coefficient (Wildman–Crippen LogP) is 3.99. The quantitative estimate of drug-likeness (QED) is 0.422. The number of carbonyl (C=O) groups excluding carboxylic acids is 1. The van der Waals surface area contributed by atoms with Crippen LogP contribution < -0.4 is 15.5 Å². The number of para-hydroxylation sites is 1. The largest absolute Gasteiger partial charge is 0.488 e. The van der Waals surface area contributed by atoms with Crippen LogP contribution >= 0.6 is 0 Å². The molecule has 132 valence electrons. The molecule has 0 spiro atoms. The molecule has 0 heterocycles. The first-order valence-corrected chi connectivity index (χ1v) is 8.10. The Labute approximate surface area is 148 Å². The van der Waals surface area contributed by atoms with E-state index < -0.39 is 5.91 Å². The number of nitrogens with one attached hydrogen (secondary N) is 2. The Morgan fingerprint density at radius 3 is 2.44 bits per heavy atom. The number of hydrogen-bond acceptors (Lipinski definition) is 4. The molecule has 0 saturated carbocycles. The minimum absolute atomic E-state index is 0.216. The van der Waals surface area contributed by atoms with E-state index in [-0.39, 0.29) is 5.60 Å². The summed E-state index contributed by atoms with van der Waals surface area (Å²) in [6.45, 7) is 6.70. The molecule has 0 unspecified atom stereocenters. The van der Waals surface area contributed by atoms with Crippen LogP contribution in [0.4, 0.5) is 5.69 Å². The van der Waals surface area contributed by atoms with Gasteiger partial charge in [0.2, 0.25) is 0 Å². The first kappa shape index (κ1) is 18.5. The van der Waals surface area contributed by atoms with Gasteiger partial charge in [0.15, 0.2) is 0 Å². The molecule has 2 aromatic rings. The maximum Gasteiger partial charge on any atom is 0.267 e. The van der Waals surface area contributed by atoms with E-state index in [1.165, 1.54) is 6.08 Å². The lowest BCUT2D eigenvalue weighted by molar-refractivity contribution is -0.124. The number of ether oxygens (including phenoxy) is 1. The molecule has 3 N–H and O–H groups in total. The average Bonchev–Trinajstić information content (AvgIpc) is 2.58. The van der Waals surface area contributed by atoms with E-state index in [1.54, 1.807) is 11.6 Å². The van der Waals surface area contributed by atoms with Gasteiger partial charge in [0.25, 0.3) is 5.91 Å². The van der Waals surface area contributed by atoms with Gasteiger partial charge in [0.05, 0.1) is 0 Å². The monoisotopic (exact) mass is 340 g/mol. The highest BCUT2D eigenvalue weighted by Crippen LogP contribution is 2.20. The summed E-state index contributed by atoms with van der Waals surface area (Å²) >= 11 is 0. The van der Waals surface area contributed by atoms with E-state index in [9.17, 15) is 4.79 Å². The van der Waals surface area contributed by atoms with Crippen LogP contribution in [0.1, 0.15) is 31.9 Å². The van der Waals surface area contributed by atoms with Crippen molar-refractivity contribution in [3.05, 3.63) is 65.7 Å². The van der Waals surface area contributed by atoms with Gasteiger partial charge in [-0.2, -0.15) is 0 Å². The summed E-state index contributed by atoms with van der Waals surface area (Å²) in [5, 5.41) is 11.9. The molecular weight excluding hydrogens is 316 g/mol. The van der Waals surface area contributed by atoms with Gasteiger partial charge in [0, 0.05) is 18.3 Å². The number of rotatable bonds is 6. The van der Waals surface area contributed by atoms with E-state index >= 15 is 0 Å². The number of carbonyl (C=O) groups is 1. The highest BCUT2D eigenvalue weighted by Gasteiger charge is 2.11. The van der Waals surface area contributed by atoms with Crippen LogP contribution in [0.5, 0.6) is 5.75 Å². The zero-order chi connectivity index (χ0) is 18.3. The fraction of sp³-hybridized carbons (Fsp3) is 0.250. The van der Waals surface area contributed by atoms with Gasteiger partial charge in [-0.3, -0.25) is 10.0 Å². The van der Waals surface area contributed by atoms with Crippen molar-refractivity contribution in [1.29, 1.82) is 0 Å². The Morgan fingerprint density at radius 1 is 1.12 bits per heavy atom. The van der Waals surface area contributed by atoms with Gasteiger partial charge in [-0.25, -0.2) is 5.48 Å². The lowest BCUT2D eigenvalue weighted by atomic mass is 10.1. The molecule has 0 saturated heterocycles. The lowest BCUT2D eigenvalue weighted by Crippen LogP contribution is -2.22. The first-order chi connectivity index (χ1) is 11.9. The van der Waals surface area contributed by atoms with Crippen molar-refractivity contribution >= 4 is 17.7 Å². The van der Waals surface area contributed by atoms with E-state index in [1.807, 2.05) is 69.3 Å². The average molecular weight is 340 g/mol. The highest BCUT2D eigenvalue weighted by atomic mass is 16.5. The van der Waals surface area contributed by atoms with Crippen LogP contribution in [0.2, 0.25) is 0 Å². The summed E-state index contributed by atoms with van der Waals surface area (Å²) in [6, 6.07) is 15.6. The fourth-order valence-electron chi connectivity index (χ4n) is 2.23. The van der Waals surface area contributed by atoms with Crippen LogP contribution in [0.15, 0.2) is 54.6 Å². The Hall–Kier alpha value is -2.79. The van der Waals surface area contributed by atoms with E-state index in [0.29, 0.717) is 6.54 Å². The molecule has 1 amide bonds. The van der Waals surface area contributed by atoms with Gasteiger partial charge in [-0.1, -0.05) is 30.3 Å². The predicted molar refractivity (Wildman–Crippen MR) is 99.6 cm³/mol. The number of benzene rings is 2. The van der Waals surface area contributed by atoms with Crippen LogP contribution in [0.3, 0.4) is 0 Å². The fourth-order valence-corrected chi connectivity index (χ4v) is 2.23. The molecule has 0 aliphatic carbocycles. The third-order valence-corrected chi connectivity index (χ3v) is 3.32. The molecule has 2 aromatic carbocycles. The van der Waals surface area contributed by atoms with E-state index in [0.717, 1.165) is 22.6 Å². The summed E-state index contributed by atoms with van der Waals surface area (Å²) in [6.07, 6.45) is 2.92. The maximum absolute atomic E-state index is 11.1. The SMILES string of the molecule is CC(C)(C)Oc1ccc(CNc2ccccc2/C=C/C(=O)NO)cc1. The molecule has 0 aromatic heterocycles. The first-order valence-electron chi connectivity index (χ1n) is 8.10. The van der Waals surface area contributed by atoms with Crippen LogP contribution in [-0.4, -0.2) is 16.7 Å². The normalized spacial score (nSPS) is 11.4. The van der Waals surface area contributed by atoms with Crippen LogP contribution in [0, 0.1) is 0 Å². The van der Waals surface area contributed by atoms with Crippen molar-refractivity contribution in [3.63, 3.8) is 0 Å². The molecule has 0 aliphatic heterocycles. The van der Waals surface area contributed by atoms with Crippen molar-refractivity contribution in [3.8, 4) is 5.75 Å². The Bertz CT molecular complexity index is 731. The zero-order valence-corrected chi connectivity index (χ0v) is 14.7. The minimum atomic E-state index is -0.566. The molecule has 25 heavy (non-hydrogen) atoms. The number of hydroxylamine groups is 1. The molecular formula is C20H24N2O3. The van der Waals surface area contributed by atoms with Crippen LogP contribution in [0.25, 0.3) is 6.08 Å². The summed E-state index contributed by atoms with van der Waals surface area (Å²) in [7, 11) is 0. The Balaban J connectivity index is 2.02. The number of anilines is 1. The second kappa shape index (κ2) is 8.35. The number of hydrogen-bond donors (Lipinski definition) is 3. The standard InChI is InChI=1S/C20H24N2O3/c1-20(2,3)25-17-11-8-15(9-12-17)14-21-18-7-5-4-6-16(18)10-13-19(23)22-24/h4-13,21,24H,14H2,1-3H3,(H,22,23)/b13-10+. The van der Waals surface area contributed by atoms with Gasteiger partial charge in [-0.05, 0) is 56.2 Å². The summed E-state index contributed by atoms with van der Waals surface area (Å²) in [5.74, 6) is 0.277. The van der Waals surface area contributed by atoms with Gasteiger partial charge < -0.3 is 10.1 Å². The van der Waals surface area contributed by atoms with Crippen LogP contribution in [-0.2, 0) is 11.3 Å². The Kier molecular flexibility index (Phi) is 6.19. The highest BCUT2D eigenvalue weighted by molar-refractivity contribution is 5.91. The minimum Gasteiger partial charge on any atom is -0.488 e. The van der Waals surface area contributed by atoms with Crippen molar-refractivity contribution in [1.82, 2.24) is 5.48 Å². The van der Waals surface area contributed by atoms with Gasteiger partial charge in [0.1, 0.15) is 11.4 Å². The van der Waals surface area contributed by atoms with Gasteiger partial charge in [-0.15, -0.1) is 0 Å². The van der Waals surface area contributed by atoms with Crippen molar-refractivity contribution in [2.75, 3.05) is 5.32 Å². The van der Waals surface area contributed by atoms with Crippen molar-refractivity contribution in [2.45, 2.75) is 32.9 Å². The molecule has 0 fully saturated rings. The van der Waals surface area contributed by atoms with Gasteiger partial charge >= 0.3 is 0 Å². The van der Waals surface area contributed by atoms with Crippen molar-refractivity contribution < 1.29 is 14.7 Å². The van der Waals surface area contributed by atoms with E-state index in [4.69, 9.17) is 9.94 Å². The maximum atomic E-state index is 11.1. The summed E-state index contributed by atoms with van der Waals surface area (Å²) in [4.78, 5) is 11.1. The molecule has 0 atom stereocenters. The third-order valence-electron chi connectivity index (χ3n) is 3.32. The zero-order valence-electron chi connectivity index (χ0n) is 14.7. The molecule has 5 heteroatoms. The molecule has 0 aliphatic rings. The van der Waals surface area contributed by atoms with Crippen molar-refractivity contribution in [2.24, 2.45) is 0 Å².